The first-order chi connectivity index (χ1) is 13.1. The van der Waals surface area contributed by atoms with E-state index >= 15 is 0 Å². The van der Waals surface area contributed by atoms with Gasteiger partial charge in [-0.2, -0.15) is 5.26 Å². The zero-order valence-electron chi connectivity index (χ0n) is 15.0. The molecule has 7 heteroatoms. The van der Waals surface area contributed by atoms with Gasteiger partial charge in [-0.25, -0.2) is 0 Å². The summed E-state index contributed by atoms with van der Waals surface area (Å²) in [6.07, 6.45) is 3.06. The molecule has 0 saturated carbocycles. The van der Waals surface area contributed by atoms with Crippen LogP contribution < -0.4 is 10.2 Å². The molecule has 2 aromatic rings. The molecule has 0 radical (unpaired) electrons. The third-order valence-electron chi connectivity index (χ3n) is 4.64. The van der Waals surface area contributed by atoms with Crippen LogP contribution >= 0.6 is 0 Å². The molecule has 0 aliphatic carbocycles. The Morgan fingerprint density at radius 2 is 2.00 bits per heavy atom. The highest BCUT2D eigenvalue weighted by molar-refractivity contribution is 5.94. The van der Waals surface area contributed by atoms with Crippen molar-refractivity contribution in [3.63, 3.8) is 0 Å². The van der Waals surface area contributed by atoms with E-state index in [1.165, 1.54) is 6.08 Å². The first-order valence-electron chi connectivity index (χ1n) is 8.85. The van der Waals surface area contributed by atoms with Crippen molar-refractivity contribution >= 4 is 28.4 Å². The summed E-state index contributed by atoms with van der Waals surface area (Å²) < 4.78 is 0. The van der Waals surface area contributed by atoms with E-state index < -0.39 is 0 Å². The van der Waals surface area contributed by atoms with Gasteiger partial charge in [-0.15, -0.1) is 0 Å². The molecule has 138 valence electrons. The predicted octanol–water partition coefficient (Wildman–Crippen LogP) is 1.45. The number of fused-ring (bicyclic) bond motifs is 1. The molecule has 1 aromatic heterocycles. The number of benzene rings is 1. The van der Waals surface area contributed by atoms with E-state index in [2.05, 4.69) is 27.8 Å². The number of amides is 2. The normalized spacial score (nSPS) is 13.9. The maximum Gasteiger partial charge on any atom is 0.243 e. The number of para-hydroxylation sites is 1. The number of hydrogen-bond donors (Lipinski definition) is 1. The molecule has 2 heterocycles. The van der Waals surface area contributed by atoms with E-state index in [0.717, 1.165) is 16.6 Å². The number of aromatic nitrogens is 1. The lowest BCUT2D eigenvalue weighted by Crippen LogP contribution is -2.49. The molecular formula is C20H21N5O2. The fraction of sp³-hybridized carbons (Fsp3) is 0.300. The number of anilines is 1. The van der Waals surface area contributed by atoms with E-state index in [1.807, 2.05) is 24.3 Å². The van der Waals surface area contributed by atoms with Crippen LogP contribution in [0.3, 0.4) is 0 Å². The lowest BCUT2D eigenvalue weighted by molar-refractivity contribution is -0.131. The third-order valence-corrected chi connectivity index (χ3v) is 4.64. The highest BCUT2D eigenvalue weighted by atomic mass is 16.2. The number of carbonyl (C=O) groups is 2. The largest absolute Gasteiger partial charge is 0.366 e. The number of hydrogen-bond acceptors (Lipinski definition) is 5. The summed E-state index contributed by atoms with van der Waals surface area (Å²) in [5.74, 6) is -0.264. The number of rotatable bonds is 5. The van der Waals surface area contributed by atoms with Crippen molar-refractivity contribution in [3.8, 4) is 6.07 Å². The van der Waals surface area contributed by atoms with Gasteiger partial charge in [0.05, 0.1) is 16.8 Å². The van der Waals surface area contributed by atoms with Gasteiger partial charge >= 0.3 is 0 Å². The Labute approximate surface area is 157 Å². The van der Waals surface area contributed by atoms with Crippen LogP contribution in [0.5, 0.6) is 0 Å². The molecule has 1 N–H and O–H groups in total. The van der Waals surface area contributed by atoms with Gasteiger partial charge in [0.25, 0.3) is 0 Å². The predicted molar refractivity (Wildman–Crippen MR) is 103 cm³/mol. The van der Waals surface area contributed by atoms with Crippen molar-refractivity contribution in [2.45, 2.75) is 6.42 Å². The zero-order valence-corrected chi connectivity index (χ0v) is 15.0. The third kappa shape index (κ3) is 4.06. The van der Waals surface area contributed by atoms with Crippen LogP contribution in [0.25, 0.3) is 10.9 Å². The summed E-state index contributed by atoms with van der Waals surface area (Å²) in [7, 11) is 0. The molecule has 1 fully saturated rings. The summed E-state index contributed by atoms with van der Waals surface area (Å²) in [5.41, 5.74) is 2.28. The summed E-state index contributed by atoms with van der Waals surface area (Å²) >= 11 is 0. The van der Waals surface area contributed by atoms with Gasteiger partial charge in [0.1, 0.15) is 6.07 Å². The molecule has 0 atom stereocenters. The number of nitrogens with zero attached hydrogens (tertiary/aromatic N) is 4. The smallest absolute Gasteiger partial charge is 0.243 e. The molecule has 1 saturated heterocycles. The van der Waals surface area contributed by atoms with Gasteiger partial charge in [0.2, 0.25) is 11.8 Å². The molecule has 2 amide bonds. The summed E-state index contributed by atoms with van der Waals surface area (Å²) in [6.45, 7) is 6.13. The van der Waals surface area contributed by atoms with Crippen molar-refractivity contribution in [1.82, 2.24) is 15.2 Å². The van der Waals surface area contributed by atoms with Crippen molar-refractivity contribution in [3.05, 3.63) is 48.7 Å². The van der Waals surface area contributed by atoms with Gasteiger partial charge in [0.15, 0.2) is 0 Å². The Balaban J connectivity index is 1.67. The molecule has 1 aromatic carbocycles. The summed E-state index contributed by atoms with van der Waals surface area (Å²) in [5, 5.41) is 13.1. The van der Waals surface area contributed by atoms with Crippen LogP contribution in [-0.4, -0.2) is 54.4 Å². The van der Waals surface area contributed by atoms with Gasteiger partial charge in [-0.3, -0.25) is 14.6 Å². The lowest BCUT2D eigenvalue weighted by atomic mass is 10.1. The van der Waals surface area contributed by atoms with Crippen LogP contribution in [0.2, 0.25) is 0 Å². The van der Waals surface area contributed by atoms with E-state index in [1.54, 1.807) is 11.1 Å². The lowest BCUT2D eigenvalue weighted by Gasteiger charge is -2.37. The molecule has 3 rings (SSSR count). The standard InChI is InChI=1S/C20H21N5O2/c1-2-18(26)22-8-7-19(27)24-9-11-25(12-10-24)20-15(13-21)14-23-17-6-4-3-5-16(17)20/h2-6,14H,1,7-12H2,(H,22,26). The van der Waals surface area contributed by atoms with E-state index in [0.29, 0.717) is 38.3 Å². The SMILES string of the molecule is C=CC(=O)NCCC(=O)N1CCN(c2c(C#N)cnc3ccccc23)CC1. The monoisotopic (exact) mass is 363 g/mol. The van der Waals surface area contributed by atoms with E-state index in [-0.39, 0.29) is 18.2 Å². The van der Waals surface area contributed by atoms with Gasteiger partial charge in [0, 0.05) is 50.7 Å². The van der Waals surface area contributed by atoms with Crippen molar-refractivity contribution in [2.75, 3.05) is 37.6 Å². The average molecular weight is 363 g/mol. The Morgan fingerprint density at radius 3 is 2.70 bits per heavy atom. The highest BCUT2D eigenvalue weighted by Crippen LogP contribution is 2.30. The summed E-state index contributed by atoms with van der Waals surface area (Å²) in [6, 6.07) is 9.99. The van der Waals surface area contributed by atoms with Crippen molar-refractivity contribution < 1.29 is 9.59 Å². The van der Waals surface area contributed by atoms with Crippen LogP contribution in [-0.2, 0) is 9.59 Å². The fourth-order valence-corrected chi connectivity index (χ4v) is 3.25. The minimum absolute atomic E-state index is 0.0131. The Morgan fingerprint density at radius 1 is 1.26 bits per heavy atom. The maximum absolute atomic E-state index is 12.3. The second-order valence-electron chi connectivity index (χ2n) is 6.26. The van der Waals surface area contributed by atoms with Gasteiger partial charge < -0.3 is 15.1 Å². The number of carbonyl (C=O) groups excluding carboxylic acids is 2. The van der Waals surface area contributed by atoms with E-state index in [9.17, 15) is 14.9 Å². The Kier molecular flexibility index (Phi) is 5.67. The molecule has 1 aliphatic rings. The van der Waals surface area contributed by atoms with Crippen molar-refractivity contribution in [1.29, 1.82) is 5.26 Å². The number of pyridine rings is 1. The highest BCUT2D eigenvalue weighted by Gasteiger charge is 2.24. The molecule has 0 spiro atoms. The fourth-order valence-electron chi connectivity index (χ4n) is 3.25. The zero-order chi connectivity index (χ0) is 19.2. The van der Waals surface area contributed by atoms with Crippen LogP contribution in [0, 0.1) is 11.3 Å². The quantitative estimate of drug-likeness (QED) is 0.812. The first-order valence-corrected chi connectivity index (χ1v) is 8.85. The van der Waals surface area contributed by atoms with E-state index in [4.69, 9.17) is 0 Å². The molecule has 1 aliphatic heterocycles. The molecule has 7 nitrogen and oxygen atoms in total. The second-order valence-corrected chi connectivity index (χ2v) is 6.26. The number of piperazine rings is 1. The summed E-state index contributed by atoms with van der Waals surface area (Å²) in [4.78, 5) is 31.8. The van der Waals surface area contributed by atoms with Crippen LogP contribution in [0.4, 0.5) is 5.69 Å². The Bertz CT molecular complexity index is 910. The maximum atomic E-state index is 12.3. The Hall–Kier alpha value is -3.40. The second kappa shape index (κ2) is 8.32. The minimum Gasteiger partial charge on any atom is -0.366 e. The topological polar surface area (TPSA) is 89.3 Å². The molecule has 0 bridgehead atoms. The average Bonchev–Trinajstić information content (AvgIpc) is 2.72. The first kappa shape index (κ1) is 18.4. The van der Waals surface area contributed by atoms with Gasteiger partial charge in [-0.1, -0.05) is 24.8 Å². The number of nitrogens with one attached hydrogen (secondary N) is 1. The van der Waals surface area contributed by atoms with Crippen LogP contribution in [0.15, 0.2) is 43.1 Å². The molecular weight excluding hydrogens is 342 g/mol. The molecule has 27 heavy (non-hydrogen) atoms. The minimum atomic E-state index is -0.277. The van der Waals surface area contributed by atoms with Gasteiger partial charge in [-0.05, 0) is 12.1 Å². The van der Waals surface area contributed by atoms with Crippen LogP contribution in [0.1, 0.15) is 12.0 Å². The van der Waals surface area contributed by atoms with Crippen molar-refractivity contribution in [2.24, 2.45) is 0 Å². The number of nitriles is 1. The molecule has 0 unspecified atom stereocenters.